The minimum atomic E-state index is 0.253. The Balaban J connectivity index is 2.86. The summed E-state index contributed by atoms with van der Waals surface area (Å²) in [4.78, 5) is 0. The van der Waals surface area contributed by atoms with Crippen LogP contribution in [0.15, 0.2) is 35.4 Å². The van der Waals surface area contributed by atoms with Crippen LogP contribution in [0, 0.1) is 0 Å². The Hall–Kier alpha value is -1.77. The van der Waals surface area contributed by atoms with E-state index in [1.54, 1.807) is 31.2 Å². The number of phenolic OH excluding ortho intramolecular Hbond substituents is 1. The molecule has 0 radical (unpaired) electrons. The van der Waals surface area contributed by atoms with Crippen molar-refractivity contribution in [1.29, 1.82) is 0 Å². The third-order valence-corrected chi connectivity index (χ3v) is 1.64. The number of para-hydroxylation sites is 1. The van der Waals surface area contributed by atoms with Crippen LogP contribution in [0.3, 0.4) is 0 Å². The van der Waals surface area contributed by atoms with E-state index in [2.05, 4.69) is 5.10 Å². The van der Waals surface area contributed by atoms with Crippen molar-refractivity contribution in [3.05, 3.63) is 35.9 Å². The van der Waals surface area contributed by atoms with Gasteiger partial charge in [0.2, 0.25) is 0 Å². The van der Waals surface area contributed by atoms with Gasteiger partial charge in [0, 0.05) is 5.56 Å². The Bertz CT molecular complexity index is 343. The van der Waals surface area contributed by atoms with E-state index < -0.39 is 0 Å². The summed E-state index contributed by atoms with van der Waals surface area (Å²) in [7, 11) is 0. The first-order valence-electron chi connectivity index (χ1n) is 3.94. The fraction of sp³-hybridized carbons (Fsp3) is 0.100. The van der Waals surface area contributed by atoms with Crippen molar-refractivity contribution in [3.8, 4) is 5.75 Å². The number of hydrogen-bond acceptors (Lipinski definition) is 3. The summed E-state index contributed by atoms with van der Waals surface area (Å²) >= 11 is 0. The molecule has 0 aliphatic carbocycles. The average Bonchev–Trinajstić information content (AvgIpc) is 2.16. The van der Waals surface area contributed by atoms with Gasteiger partial charge in [-0.3, -0.25) is 0 Å². The molecule has 0 spiro atoms. The van der Waals surface area contributed by atoms with E-state index in [1.807, 2.05) is 12.1 Å². The summed E-state index contributed by atoms with van der Waals surface area (Å²) in [6.07, 6.45) is 3.51. The molecule has 0 bridgehead atoms. The predicted octanol–water partition coefficient (Wildman–Crippen LogP) is 1.74. The van der Waals surface area contributed by atoms with Crippen LogP contribution in [0.1, 0.15) is 12.5 Å². The van der Waals surface area contributed by atoms with Gasteiger partial charge in [0.05, 0.1) is 5.71 Å². The summed E-state index contributed by atoms with van der Waals surface area (Å²) < 4.78 is 0. The topological polar surface area (TPSA) is 58.6 Å². The predicted molar refractivity (Wildman–Crippen MR) is 54.4 cm³/mol. The molecule has 68 valence electrons. The van der Waals surface area contributed by atoms with Crippen LogP contribution >= 0.6 is 0 Å². The Kier molecular flexibility index (Phi) is 3.09. The molecule has 3 N–H and O–H groups in total. The fourth-order valence-corrected chi connectivity index (χ4v) is 0.882. The highest BCUT2D eigenvalue weighted by molar-refractivity contribution is 5.96. The van der Waals surface area contributed by atoms with Crippen LogP contribution in [0.4, 0.5) is 0 Å². The van der Waals surface area contributed by atoms with E-state index in [-0.39, 0.29) is 5.75 Å². The van der Waals surface area contributed by atoms with Crippen molar-refractivity contribution < 1.29 is 5.11 Å². The summed E-state index contributed by atoms with van der Waals surface area (Å²) in [5, 5.41) is 12.9. The minimum Gasteiger partial charge on any atom is -0.507 e. The zero-order valence-electron chi connectivity index (χ0n) is 7.44. The molecule has 0 heterocycles. The highest BCUT2D eigenvalue weighted by atomic mass is 16.3. The van der Waals surface area contributed by atoms with E-state index in [4.69, 9.17) is 5.84 Å². The van der Waals surface area contributed by atoms with Crippen LogP contribution in [-0.2, 0) is 0 Å². The van der Waals surface area contributed by atoms with Crippen molar-refractivity contribution in [2.45, 2.75) is 6.92 Å². The molecule has 13 heavy (non-hydrogen) atoms. The van der Waals surface area contributed by atoms with Crippen molar-refractivity contribution in [3.63, 3.8) is 0 Å². The maximum atomic E-state index is 9.37. The third kappa shape index (κ3) is 2.63. The van der Waals surface area contributed by atoms with Gasteiger partial charge in [0.15, 0.2) is 0 Å². The zero-order chi connectivity index (χ0) is 9.68. The Morgan fingerprint density at radius 1 is 1.46 bits per heavy atom. The number of allylic oxidation sites excluding steroid dienone is 1. The molecule has 1 rings (SSSR count). The number of nitrogens with two attached hydrogens (primary N) is 1. The first-order chi connectivity index (χ1) is 6.24. The summed E-state index contributed by atoms with van der Waals surface area (Å²) in [6.45, 7) is 1.79. The number of phenols is 1. The number of hydrogen-bond donors (Lipinski definition) is 2. The second-order valence-electron chi connectivity index (χ2n) is 2.66. The van der Waals surface area contributed by atoms with Gasteiger partial charge in [-0.15, -0.1) is 0 Å². The summed E-state index contributed by atoms with van der Waals surface area (Å²) in [5.41, 5.74) is 1.47. The Morgan fingerprint density at radius 3 is 2.77 bits per heavy atom. The molecule has 3 nitrogen and oxygen atoms in total. The number of benzene rings is 1. The van der Waals surface area contributed by atoms with Crippen LogP contribution in [-0.4, -0.2) is 10.8 Å². The lowest BCUT2D eigenvalue weighted by Gasteiger charge is -1.96. The van der Waals surface area contributed by atoms with Gasteiger partial charge in [-0.1, -0.05) is 18.2 Å². The van der Waals surface area contributed by atoms with E-state index in [9.17, 15) is 5.11 Å². The van der Waals surface area contributed by atoms with Gasteiger partial charge in [0.1, 0.15) is 5.75 Å². The molecular formula is C10H12N2O. The van der Waals surface area contributed by atoms with Crippen LogP contribution in [0.2, 0.25) is 0 Å². The van der Waals surface area contributed by atoms with E-state index in [0.29, 0.717) is 5.71 Å². The lowest BCUT2D eigenvalue weighted by molar-refractivity contribution is 0.474. The Labute approximate surface area is 77.2 Å². The van der Waals surface area contributed by atoms with Gasteiger partial charge in [-0.2, -0.15) is 5.10 Å². The van der Waals surface area contributed by atoms with Crippen molar-refractivity contribution >= 4 is 11.8 Å². The van der Waals surface area contributed by atoms with Crippen LogP contribution in [0.25, 0.3) is 6.08 Å². The molecular weight excluding hydrogens is 164 g/mol. The summed E-state index contributed by atoms with van der Waals surface area (Å²) in [5.74, 6) is 5.30. The standard InChI is InChI=1S/C10H12N2O/c1-8(12-11)6-7-9-4-2-3-5-10(9)13/h2-7,13H,11H2,1H3. The van der Waals surface area contributed by atoms with E-state index >= 15 is 0 Å². The van der Waals surface area contributed by atoms with Gasteiger partial charge in [-0.25, -0.2) is 0 Å². The third-order valence-electron chi connectivity index (χ3n) is 1.64. The monoisotopic (exact) mass is 176 g/mol. The molecule has 0 amide bonds. The van der Waals surface area contributed by atoms with Gasteiger partial charge in [0.25, 0.3) is 0 Å². The molecule has 0 fully saturated rings. The number of aromatic hydroxyl groups is 1. The van der Waals surface area contributed by atoms with Crippen molar-refractivity contribution in [1.82, 2.24) is 0 Å². The largest absolute Gasteiger partial charge is 0.507 e. The lowest BCUT2D eigenvalue weighted by Crippen LogP contribution is -1.90. The number of hydrazone groups is 1. The van der Waals surface area contributed by atoms with Gasteiger partial charge in [-0.05, 0) is 25.1 Å². The van der Waals surface area contributed by atoms with Gasteiger partial charge >= 0.3 is 0 Å². The molecule has 0 aromatic heterocycles. The Morgan fingerprint density at radius 2 is 2.15 bits per heavy atom. The maximum Gasteiger partial charge on any atom is 0.122 e. The smallest absolute Gasteiger partial charge is 0.122 e. The molecule has 0 saturated heterocycles. The van der Waals surface area contributed by atoms with E-state index in [0.717, 1.165) is 5.56 Å². The van der Waals surface area contributed by atoms with Crippen molar-refractivity contribution in [2.24, 2.45) is 10.9 Å². The maximum absolute atomic E-state index is 9.37. The minimum absolute atomic E-state index is 0.253. The van der Waals surface area contributed by atoms with Crippen molar-refractivity contribution in [2.75, 3.05) is 0 Å². The highest BCUT2D eigenvalue weighted by Gasteiger charge is 1.93. The molecule has 0 atom stereocenters. The molecule has 1 aromatic rings. The molecule has 0 aliphatic rings. The quantitative estimate of drug-likeness (QED) is 0.409. The highest BCUT2D eigenvalue weighted by Crippen LogP contribution is 2.16. The van der Waals surface area contributed by atoms with Gasteiger partial charge < -0.3 is 10.9 Å². The molecule has 0 saturated carbocycles. The normalized spacial score (nSPS) is 12.2. The molecule has 0 aliphatic heterocycles. The zero-order valence-corrected chi connectivity index (χ0v) is 7.44. The van der Waals surface area contributed by atoms with Crippen LogP contribution in [0.5, 0.6) is 5.75 Å². The molecule has 0 unspecified atom stereocenters. The number of rotatable bonds is 2. The SMILES string of the molecule is CC(C=Cc1ccccc1O)=NN. The van der Waals surface area contributed by atoms with Crippen LogP contribution < -0.4 is 5.84 Å². The first-order valence-corrected chi connectivity index (χ1v) is 3.94. The second kappa shape index (κ2) is 4.30. The molecule has 3 heteroatoms. The lowest BCUT2D eigenvalue weighted by atomic mass is 10.2. The molecule has 1 aromatic carbocycles. The van der Waals surface area contributed by atoms with E-state index in [1.165, 1.54) is 0 Å². The second-order valence-corrected chi connectivity index (χ2v) is 2.66. The average molecular weight is 176 g/mol. The first kappa shape index (κ1) is 9.32. The summed E-state index contributed by atoms with van der Waals surface area (Å²) in [6, 6.07) is 7.08. The fourth-order valence-electron chi connectivity index (χ4n) is 0.882. The number of nitrogens with zero attached hydrogens (tertiary/aromatic N) is 1.